The number of nitrogens with zero attached hydrogens (tertiary/aromatic N) is 2. The van der Waals surface area contributed by atoms with E-state index in [1.54, 1.807) is 0 Å². The molecule has 0 N–H and O–H groups in total. The normalized spacial score (nSPS) is 13.5. The fraction of sp³-hybridized carbons (Fsp3) is 0.0811. The standard InChI is InChI=1S/C74H56N2/c1-73(2)69-29-17-15-27-63(69)65-41-39-57(47-71(65)73)75(59-43-53-23-11-13-25-61(53)67(45-59)51-19-7-5-8-20-51)55-35-31-49(32-36-55)50-33-37-56(38-34-50)76(58-40-42-66-64-28-16-18-30-70(64)74(3,4)72(66)48-58)60-44-54-24-12-14-26-62(54)68(46-60)52-21-9-6-10-22-52/h5-48H,1-4H3. The van der Waals surface area contributed by atoms with Gasteiger partial charge in [0.2, 0.25) is 0 Å². The van der Waals surface area contributed by atoms with Gasteiger partial charge >= 0.3 is 0 Å². The van der Waals surface area contributed by atoms with Crippen molar-refractivity contribution in [3.8, 4) is 55.6 Å². The van der Waals surface area contributed by atoms with Crippen molar-refractivity contribution < 1.29 is 0 Å². The molecule has 2 heteroatoms. The Morgan fingerprint density at radius 3 is 0.987 bits per heavy atom. The second-order valence-corrected chi connectivity index (χ2v) is 21.7. The van der Waals surface area contributed by atoms with Gasteiger partial charge < -0.3 is 9.80 Å². The summed E-state index contributed by atoms with van der Waals surface area (Å²) in [4.78, 5) is 4.90. The topological polar surface area (TPSA) is 6.48 Å². The number of anilines is 6. The van der Waals surface area contributed by atoms with E-state index in [0.29, 0.717) is 0 Å². The Labute approximate surface area is 446 Å². The molecule has 0 spiro atoms. The molecular weight excluding hydrogens is 917 g/mol. The molecule has 0 bridgehead atoms. The Balaban J connectivity index is 0.879. The molecule has 12 aromatic carbocycles. The van der Waals surface area contributed by atoms with E-state index in [-0.39, 0.29) is 10.8 Å². The van der Waals surface area contributed by atoms with Crippen molar-refractivity contribution >= 4 is 55.7 Å². The smallest absolute Gasteiger partial charge is 0.0474 e. The summed E-state index contributed by atoms with van der Waals surface area (Å²) < 4.78 is 0. The minimum absolute atomic E-state index is 0.140. The minimum atomic E-state index is -0.140. The van der Waals surface area contributed by atoms with Gasteiger partial charge in [-0.05, 0) is 172 Å². The van der Waals surface area contributed by atoms with Gasteiger partial charge in [0, 0.05) is 45.0 Å². The van der Waals surface area contributed by atoms with Crippen LogP contribution in [-0.2, 0) is 10.8 Å². The summed E-state index contributed by atoms with van der Waals surface area (Å²) in [5, 5.41) is 4.89. The van der Waals surface area contributed by atoms with Gasteiger partial charge in [-0.2, -0.15) is 0 Å². The van der Waals surface area contributed by atoms with Crippen molar-refractivity contribution in [2.24, 2.45) is 0 Å². The second-order valence-electron chi connectivity index (χ2n) is 21.7. The molecule has 0 aliphatic heterocycles. The lowest BCUT2D eigenvalue weighted by Gasteiger charge is -2.29. The zero-order valence-corrected chi connectivity index (χ0v) is 43.3. The zero-order valence-electron chi connectivity index (χ0n) is 43.3. The van der Waals surface area contributed by atoms with E-state index in [1.807, 2.05) is 0 Å². The maximum Gasteiger partial charge on any atom is 0.0474 e. The van der Waals surface area contributed by atoms with Crippen molar-refractivity contribution in [1.82, 2.24) is 0 Å². The van der Waals surface area contributed by atoms with Crippen LogP contribution in [0.25, 0.3) is 77.2 Å². The predicted molar refractivity (Wildman–Crippen MR) is 322 cm³/mol. The summed E-state index contributed by atoms with van der Waals surface area (Å²) >= 11 is 0. The van der Waals surface area contributed by atoms with Gasteiger partial charge in [-0.15, -0.1) is 0 Å². The predicted octanol–water partition coefficient (Wildman–Crippen LogP) is 20.5. The van der Waals surface area contributed by atoms with E-state index in [2.05, 4.69) is 304 Å². The van der Waals surface area contributed by atoms with E-state index >= 15 is 0 Å². The van der Waals surface area contributed by atoms with E-state index < -0.39 is 0 Å². The first kappa shape index (κ1) is 45.4. The van der Waals surface area contributed by atoms with Crippen molar-refractivity contribution in [1.29, 1.82) is 0 Å². The fourth-order valence-electron chi connectivity index (χ4n) is 12.7. The quantitative estimate of drug-likeness (QED) is 0.142. The largest absolute Gasteiger partial charge is 0.310 e. The van der Waals surface area contributed by atoms with Gasteiger partial charge in [-0.1, -0.05) is 222 Å². The molecule has 2 nitrogen and oxygen atoms in total. The first-order valence-corrected chi connectivity index (χ1v) is 26.7. The third-order valence-corrected chi connectivity index (χ3v) is 16.6. The number of hydrogen-bond acceptors (Lipinski definition) is 2. The Hall–Kier alpha value is -9.24. The number of fused-ring (bicyclic) bond motifs is 8. The van der Waals surface area contributed by atoms with Crippen LogP contribution in [0.3, 0.4) is 0 Å². The third-order valence-electron chi connectivity index (χ3n) is 16.6. The third kappa shape index (κ3) is 7.39. The number of hydrogen-bond donors (Lipinski definition) is 0. The van der Waals surface area contributed by atoms with Crippen LogP contribution < -0.4 is 9.80 Å². The molecule has 12 aromatic rings. The highest BCUT2D eigenvalue weighted by Gasteiger charge is 2.37. The molecule has 0 saturated carbocycles. The SMILES string of the molecule is CC1(C)c2ccccc2-c2ccc(N(c3ccc(-c4ccc(N(c5ccc6c(c5)C(C)(C)c5ccccc5-6)c5cc(-c6ccccc6)c6ccccc6c5)cc4)cc3)c3cc(-c4ccccc4)c4ccccc4c3)cc21. The van der Waals surface area contributed by atoms with Crippen LogP contribution in [0.1, 0.15) is 49.9 Å². The average molecular weight is 973 g/mol. The zero-order chi connectivity index (χ0) is 51.1. The van der Waals surface area contributed by atoms with Gasteiger partial charge in [-0.3, -0.25) is 0 Å². The molecule has 2 aliphatic carbocycles. The highest BCUT2D eigenvalue weighted by atomic mass is 15.1. The molecule has 0 fully saturated rings. The van der Waals surface area contributed by atoms with E-state index in [1.165, 1.54) is 88.3 Å². The molecule has 0 unspecified atom stereocenters. The molecular formula is C74H56N2. The van der Waals surface area contributed by atoms with Gasteiger partial charge in [0.15, 0.2) is 0 Å². The van der Waals surface area contributed by atoms with Crippen molar-refractivity contribution in [2.75, 3.05) is 9.80 Å². The molecule has 76 heavy (non-hydrogen) atoms. The number of rotatable bonds is 9. The summed E-state index contributed by atoms with van der Waals surface area (Å²) in [6, 6.07) is 99.0. The second kappa shape index (κ2) is 17.7. The molecule has 0 heterocycles. The van der Waals surface area contributed by atoms with E-state index in [0.717, 1.165) is 45.3 Å². The summed E-state index contributed by atoms with van der Waals surface area (Å²) in [5.74, 6) is 0. The monoisotopic (exact) mass is 972 g/mol. The summed E-state index contributed by atoms with van der Waals surface area (Å²) in [6.07, 6.45) is 0. The van der Waals surface area contributed by atoms with Crippen molar-refractivity contribution in [2.45, 2.75) is 38.5 Å². The average Bonchev–Trinajstić information content (AvgIpc) is 3.86. The van der Waals surface area contributed by atoms with Gasteiger partial charge in [0.25, 0.3) is 0 Å². The summed E-state index contributed by atoms with van der Waals surface area (Å²) in [7, 11) is 0. The Morgan fingerprint density at radius 1 is 0.224 bits per heavy atom. The lowest BCUT2D eigenvalue weighted by Crippen LogP contribution is -2.16. The van der Waals surface area contributed by atoms with E-state index in [4.69, 9.17) is 0 Å². The highest BCUT2D eigenvalue weighted by molar-refractivity contribution is 6.03. The lowest BCUT2D eigenvalue weighted by atomic mass is 9.82. The van der Waals surface area contributed by atoms with E-state index in [9.17, 15) is 0 Å². The van der Waals surface area contributed by atoms with Crippen molar-refractivity contribution in [3.63, 3.8) is 0 Å². The minimum Gasteiger partial charge on any atom is -0.310 e. The van der Waals surface area contributed by atoms with Crippen LogP contribution in [0.15, 0.2) is 267 Å². The van der Waals surface area contributed by atoms with Crippen molar-refractivity contribution in [3.05, 3.63) is 289 Å². The lowest BCUT2D eigenvalue weighted by molar-refractivity contribution is 0.660. The summed E-state index contributed by atoms with van der Waals surface area (Å²) in [5.41, 5.74) is 24.3. The van der Waals surface area contributed by atoms with Gasteiger partial charge in [0.05, 0.1) is 0 Å². The molecule has 0 aromatic heterocycles. The highest BCUT2D eigenvalue weighted by Crippen LogP contribution is 2.53. The van der Waals surface area contributed by atoms with Crippen LogP contribution in [-0.4, -0.2) is 0 Å². The molecule has 14 rings (SSSR count). The van der Waals surface area contributed by atoms with Crippen LogP contribution >= 0.6 is 0 Å². The maximum atomic E-state index is 2.45. The van der Waals surface area contributed by atoms with Crippen LogP contribution in [0.5, 0.6) is 0 Å². The van der Waals surface area contributed by atoms with Gasteiger partial charge in [0.1, 0.15) is 0 Å². The number of benzene rings is 12. The molecule has 2 aliphatic rings. The maximum absolute atomic E-state index is 2.45. The van der Waals surface area contributed by atoms with Crippen LogP contribution in [0.2, 0.25) is 0 Å². The van der Waals surface area contributed by atoms with Crippen LogP contribution in [0.4, 0.5) is 34.1 Å². The Morgan fingerprint density at radius 2 is 0.566 bits per heavy atom. The molecule has 0 atom stereocenters. The summed E-state index contributed by atoms with van der Waals surface area (Å²) in [6.45, 7) is 9.46. The fourth-order valence-corrected chi connectivity index (χ4v) is 12.7. The Bertz CT molecular complexity index is 3930. The molecule has 0 saturated heterocycles. The Kier molecular flexibility index (Phi) is 10.6. The molecule has 0 amide bonds. The van der Waals surface area contributed by atoms with Gasteiger partial charge in [-0.25, -0.2) is 0 Å². The first-order chi connectivity index (χ1) is 37.2. The van der Waals surface area contributed by atoms with Crippen LogP contribution in [0, 0.1) is 0 Å². The molecule has 362 valence electrons. The first-order valence-electron chi connectivity index (χ1n) is 26.7. The molecule has 0 radical (unpaired) electrons.